The number of rotatable bonds is 2. The molecular formula is C20H25N3O2. The van der Waals surface area contributed by atoms with Crippen LogP contribution >= 0.6 is 0 Å². The number of aryl methyl sites for hydroxylation is 1. The maximum absolute atomic E-state index is 13.0. The number of hydrogen-bond acceptors (Lipinski definition) is 3. The second kappa shape index (κ2) is 6.21. The summed E-state index contributed by atoms with van der Waals surface area (Å²) in [7, 11) is 0. The molecule has 25 heavy (non-hydrogen) atoms. The van der Waals surface area contributed by atoms with Gasteiger partial charge < -0.3 is 9.64 Å². The van der Waals surface area contributed by atoms with E-state index in [-0.39, 0.29) is 12.5 Å². The van der Waals surface area contributed by atoms with Gasteiger partial charge in [0.25, 0.3) is 0 Å². The Kier molecular flexibility index (Phi) is 4.02. The number of amides is 1. The van der Waals surface area contributed by atoms with Gasteiger partial charge in [-0.3, -0.25) is 9.48 Å². The van der Waals surface area contributed by atoms with E-state index in [2.05, 4.69) is 31.9 Å². The fraction of sp³-hybridized carbons (Fsp3) is 0.500. The molecule has 0 radical (unpaired) electrons. The smallest absolute Gasteiger partial charge is 0.244 e. The van der Waals surface area contributed by atoms with Gasteiger partial charge in [-0.15, -0.1) is 0 Å². The third kappa shape index (κ3) is 2.81. The molecule has 2 aliphatic heterocycles. The van der Waals surface area contributed by atoms with Crippen molar-refractivity contribution in [2.75, 3.05) is 0 Å². The van der Waals surface area contributed by atoms with E-state index < -0.39 is 0 Å². The molecule has 1 amide bonds. The van der Waals surface area contributed by atoms with Crippen LogP contribution in [0.25, 0.3) is 11.3 Å². The second-order valence-corrected chi connectivity index (χ2v) is 7.39. The number of carbonyl (C=O) groups excluding carboxylic acids is 1. The molecule has 0 bridgehead atoms. The number of ether oxygens (including phenoxy) is 1. The number of benzene rings is 1. The highest BCUT2D eigenvalue weighted by atomic mass is 16.5. The zero-order valence-corrected chi connectivity index (χ0v) is 15.2. The van der Waals surface area contributed by atoms with Crippen LogP contribution in [0.3, 0.4) is 0 Å². The van der Waals surface area contributed by atoms with E-state index >= 15 is 0 Å². The van der Waals surface area contributed by atoms with Crippen LogP contribution in [-0.4, -0.2) is 32.7 Å². The number of carbonyl (C=O) groups is 1. The molecule has 0 spiro atoms. The molecule has 132 valence electrons. The molecule has 4 rings (SSSR count). The first kappa shape index (κ1) is 16.2. The predicted molar refractivity (Wildman–Crippen MR) is 96.4 cm³/mol. The van der Waals surface area contributed by atoms with Crippen molar-refractivity contribution in [3.63, 3.8) is 0 Å². The topological polar surface area (TPSA) is 47.4 Å². The number of hydrogen-bond donors (Lipinski definition) is 0. The van der Waals surface area contributed by atoms with Crippen molar-refractivity contribution in [2.45, 2.75) is 65.3 Å². The van der Waals surface area contributed by atoms with Crippen molar-refractivity contribution >= 4 is 5.91 Å². The highest BCUT2D eigenvalue weighted by molar-refractivity contribution is 5.79. The molecule has 1 aromatic carbocycles. The minimum Gasteiger partial charge on any atom is -0.488 e. The van der Waals surface area contributed by atoms with Crippen LogP contribution in [0.4, 0.5) is 0 Å². The van der Waals surface area contributed by atoms with E-state index in [1.807, 2.05) is 27.9 Å². The zero-order chi connectivity index (χ0) is 17.6. The first-order valence-corrected chi connectivity index (χ1v) is 9.14. The minimum atomic E-state index is 0.159. The van der Waals surface area contributed by atoms with Gasteiger partial charge in [-0.1, -0.05) is 11.6 Å². The van der Waals surface area contributed by atoms with Crippen LogP contribution in [0.5, 0.6) is 5.75 Å². The SMILES string of the molecule is Cc1ccc2c(c1)-c1c(cnn1CC(=O)N1[C@H](C)CCC[C@@H]1C)CO2. The van der Waals surface area contributed by atoms with Crippen molar-refractivity contribution in [1.29, 1.82) is 0 Å². The van der Waals surface area contributed by atoms with Gasteiger partial charge in [0.2, 0.25) is 5.91 Å². The second-order valence-electron chi connectivity index (χ2n) is 7.39. The number of aromatic nitrogens is 2. The Labute approximate surface area is 148 Å². The monoisotopic (exact) mass is 339 g/mol. The lowest BCUT2D eigenvalue weighted by atomic mass is 9.97. The maximum atomic E-state index is 13.0. The van der Waals surface area contributed by atoms with Crippen molar-refractivity contribution in [1.82, 2.24) is 14.7 Å². The summed E-state index contributed by atoms with van der Waals surface area (Å²) in [6.07, 6.45) is 5.20. The number of nitrogens with zero attached hydrogens (tertiary/aromatic N) is 3. The average Bonchev–Trinajstić information content (AvgIpc) is 2.98. The van der Waals surface area contributed by atoms with Crippen LogP contribution in [0.1, 0.15) is 44.2 Å². The maximum Gasteiger partial charge on any atom is 0.244 e. The Balaban J connectivity index is 1.65. The summed E-state index contributed by atoms with van der Waals surface area (Å²) in [5.74, 6) is 1.03. The van der Waals surface area contributed by atoms with Crippen LogP contribution in [0.15, 0.2) is 24.4 Å². The molecule has 5 heteroatoms. The van der Waals surface area contributed by atoms with E-state index in [0.29, 0.717) is 18.7 Å². The van der Waals surface area contributed by atoms with E-state index in [1.165, 1.54) is 12.0 Å². The highest BCUT2D eigenvalue weighted by Crippen LogP contribution is 2.38. The Hall–Kier alpha value is -2.30. The molecule has 2 aromatic rings. The lowest BCUT2D eigenvalue weighted by Crippen LogP contribution is -2.48. The lowest BCUT2D eigenvalue weighted by Gasteiger charge is -2.39. The Morgan fingerprint density at radius 3 is 2.80 bits per heavy atom. The van der Waals surface area contributed by atoms with Crippen molar-refractivity contribution in [3.05, 3.63) is 35.5 Å². The van der Waals surface area contributed by atoms with E-state index in [0.717, 1.165) is 35.4 Å². The summed E-state index contributed by atoms with van der Waals surface area (Å²) in [4.78, 5) is 15.0. The first-order valence-electron chi connectivity index (χ1n) is 9.14. The van der Waals surface area contributed by atoms with Crippen molar-refractivity contribution < 1.29 is 9.53 Å². The van der Waals surface area contributed by atoms with Gasteiger partial charge in [0.1, 0.15) is 18.9 Å². The molecule has 0 aliphatic carbocycles. The summed E-state index contributed by atoms with van der Waals surface area (Å²) in [6.45, 7) is 7.17. The molecule has 0 unspecified atom stereocenters. The predicted octanol–water partition coefficient (Wildman–Crippen LogP) is 3.54. The molecule has 1 fully saturated rings. The highest BCUT2D eigenvalue weighted by Gasteiger charge is 2.30. The van der Waals surface area contributed by atoms with Gasteiger partial charge in [0.15, 0.2) is 0 Å². The minimum absolute atomic E-state index is 0.159. The molecule has 1 saturated heterocycles. The van der Waals surface area contributed by atoms with Gasteiger partial charge in [-0.2, -0.15) is 5.10 Å². The zero-order valence-electron chi connectivity index (χ0n) is 15.2. The summed E-state index contributed by atoms with van der Waals surface area (Å²) < 4.78 is 7.68. The number of likely N-dealkylation sites (tertiary alicyclic amines) is 1. The fourth-order valence-electron chi connectivity index (χ4n) is 4.19. The lowest BCUT2D eigenvalue weighted by molar-refractivity contribution is -0.138. The van der Waals surface area contributed by atoms with Gasteiger partial charge in [-0.25, -0.2) is 0 Å². The Morgan fingerprint density at radius 1 is 1.28 bits per heavy atom. The molecule has 5 nitrogen and oxygen atoms in total. The van der Waals surface area contributed by atoms with E-state index in [1.54, 1.807) is 0 Å². The largest absolute Gasteiger partial charge is 0.488 e. The quantitative estimate of drug-likeness (QED) is 0.841. The van der Waals surface area contributed by atoms with E-state index in [4.69, 9.17) is 4.74 Å². The molecular weight excluding hydrogens is 314 g/mol. The standard InChI is InChI=1S/C20H25N3O2/c1-13-7-8-18-17(9-13)20-16(12-25-18)10-21-22(20)11-19(24)23-14(2)5-4-6-15(23)3/h7-10,14-15H,4-6,11-12H2,1-3H3/t14-,15+. The summed E-state index contributed by atoms with van der Waals surface area (Å²) >= 11 is 0. The van der Waals surface area contributed by atoms with Crippen molar-refractivity contribution in [2.24, 2.45) is 0 Å². The fourth-order valence-corrected chi connectivity index (χ4v) is 4.19. The third-order valence-corrected chi connectivity index (χ3v) is 5.46. The van der Waals surface area contributed by atoms with Gasteiger partial charge >= 0.3 is 0 Å². The Morgan fingerprint density at radius 2 is 2.04 bits per heavy atom. The van der Waals surface area contributed by atoms with Crippen LogP contribution in [0.2, 0.25) is 0 Å². The van der Waals surface area contributed by atoms with Gasteiger partial charge in [0, 0.05) is 23.2 Å². The molecule has 3 heterocycles. The third-order valence-electron chi connectivity index (χ3n) is 5.46. The van der Waals surface area contributed by atoms with E-state index in [9.17, 15) is 4.79 Å². The molecule has 0 saturated carbocycles. The van der Waals surface area contributed by atoms with Crippen LogP contribution < -0.4 is 4.74 Å². The Bertz CT molecular complexity index is 801. The summed E-state index contributed by atoms with van der Waals surface area (Å²) in [5, 5.41) is 4.50. The molecule has 0 N–H and O–H groups in total. The summed E-state index contributed by atoms with van der Waals surface area (Å²) in [6, 6.07) is 6.78. The van der Waals surface area contributed by atoms with Crippen LogP contribution in [-0.2, 0) is 17.9 Å². The molecule has 2 atom stereocenters. The molecule has 2 aliphatic rings. The number of fused-ring (bicyclic) bond motifs is 3. The molecule has 1 aromatic heterocycles. The number of piperidine rings is 1. The normalized spacial score (nSPS) is 22.1. The van der Waals surface area contributed by atoms with Crippen molar-refractivity contribution in [3.8, 4) is 17.0 Å². The van der Waals surface area contributed by atoms with Gasteiger partial charge in [-0.05, 0) is 52.2 Å². The summed E-state index contributed by atoms with van der Waals surface area (Å²) in [5.41, 5.74) is 4.28. The van der Waals surface area contributed by atoms with Gasteiger partial charge in [0.05, 0.1) is 11.9 Å². The average molecular weight is 339 g/mol. The first-order chi connectivity index (χ1) is 12.0. The van der Waals surface area contributed by atoms with Crippen LogP contribution in [0, 0.1) is 6.92 Å².